The van der Waals surface area contributed by atoms with Gasteiger partial charge in [0.1, 0.15) is 0 Å². The van der Waals surface area contributed by atoms with E-state index in [1.54, 1.807) is 12.1 Å². The fourth-order valence-corrected chi connectivity index (χ4v) is 3.24. The molecular formula is C14H23N3O3S. The summed E-state index contributed by atoms with van der Waals surface area (Å²) in [5.41, 5.74) is 6.65. The van der Waals surface area contributed by atoms with E-state index in [2.05, 4.69) is 11.8 Å². The first-order chi connectivity index (χ1) is 9.86. The Kier molecular flexibility index (Phi) is 4.88. The van der Waals surface area contributed by atoms with E-state index >= 15 is 0 Å². The Hall–Kier alpha value is -1.15. The highest BCUT2D eigenvalue weighted by atomic mass is 32.2. The highest BCUT2D eigenvalue weighted by Crippen LogP contribution is 2.24. The van der Waals surface area contributed by atoms with Gasteiger partial charge in [0.25, 0.3) is 0 Å². The van der Waals surface area contributed by atoms with Gasteiger partial charge in [-0.2, -0.15) is 0 Å². The van der Waals surface area contributed by atoms with E-state index in [9.17, 15) is 8.42 Å². The number of nitrogens with two attached hydrogens (primary N) is 1. The molecule has 0 amide bonds. The molecule has 0 aromatic heterocycles. The Morgan fingerprint density at radius 1 is 1.33 bits per heavy atom. The van der Waals surface area contributed by atoms with Gasteiger partial charge in [0.2, 0.25) is 10.0 Å². The summed E-state index contributed by atoms with van der Waals surface area (Å²) in [4.78, 5) is 2.50. The van der Waals surface area contributed by atoms with Gasteiger partial charge in [-0.25, -0.2) is 12.7 Å². The normalized spacial score (nSPS) is 23.6. The molecule has 21 heavy (non-hydrogen) atoms. The molecule has 1 saturated heterocycles. The van der Waals surface area contributed by atoms with Crippen LogP contribution in [0.2, 0.25) is 0 Å². The summed E-state index contributed by atoms with van der Waals surface area (Å²) in [7, 11) is -0.329. The molecule has 1 aliphatic rings. The standard InChI is InChI=1S/C14H23N3O3S/c1-11-10-20-13(8-15)9-17(11)12-4-6-14(7-5-12)21(18,19)16(2)3/h4-7,11,13H,8-10,15H2,1-3H3. The van der Waals surface area contributed by atoms with E-state index < -0.39 is 10.0 Å². The summed E-state index contributed by atoms with van der Waals surface area (Å²) < 4.78 is 31.0. The second kappa shape index (κ2) is 6.31. The van der Waals surface area contributed by atoms with E-state index in [4.69, 9.17) is 10.5 Å². The minimum Gasteiger partial charge on any atom is -0.373 e. The average molecular weight is 313 g/mol. The quantitative estimate of drug-likeness (QED) is 0.875. The summed E-state index contributed by atoms with van der Waals surface area (Å²) >= 11 is 0. The van der Waals surface area contributed by atoms with Gasteiger partial charge in [0.15, 0.2) is 0 Å². The molecule has 0 saturated carbocycles. The van der Waals surface area contributed by atoms with Crippen LogP contribution in [0.25, 0.3) is 0 Å². The highest BCUT2D eigenvalue weighted by Gasteiger charge is 2.26. The van der Waals surface area contributed by atoms with Crippen molar-refractivity contribution in [2.45, 2.75) is 24.0 Å². The molecule has 0 spiro atoms. The largest absolute Gasteiger partial charge is 0.373 e. The lowest BCUT2D eigenvalue weighted by Crippen LogP contribution is -2.50. The van der Waals surface area contributed by atoms with E-state index in [-0.39, 0.29) is 12.1 Å². The molecule has 2 rings (SSSR count). The van der Waals surface area contributed by atoms with Crippen molar-refractivity contribution < 1.29 is 13.2 Å². The first kappa shape index (κ1) is 16.2. The Bertz CT molecular complexity index is 572. The molecule has 0 bridgehead atoms. The smallest absolute Gasteiger partial charge is 0.242 e. The van der Waals surface area contributed by atoms with Crippen molar-refractivity contribution in [3.05, 3.63) is 24.3 Å². The van der Waals surface area contributed by atoms with Crippen molar-refractivity contribution >= 4 is 15.7 Å². The van der Waals surface area contributed by atoms with Crippen LogP contribution in [0.15, 0.2) is 29.2 Å². The molecule has 2 N–H and O–H groups in total. The lowest BCUT2D eigenvalue weighted by Gasteiger charge is -2.39. The maximum Gasteiger partial charge on any atom is 0.242 e. The predicted molar refractivity (Wildman–Crippen MR) is 82.9 cm³/mol. The molecule has 6 nitrogen and oxygen atoms in total. The molecule has 1 aliphatic heterocycles. The lowest BCUT2D eigenvalue weighted by atomic mass is 10.1. The lowest BCUT2D eigenvalue weighted by molar-refractivity contribution is 0.0283. The van der Waals surface area contributed by atoms with Crippen LogP contribution in [-0.2, 0) is 14.8 Å². The Balaban J connectivity index is 2.22. The molecule has 118 valence electrons. The van der Waals surface area contributed by atoms with Gasteiger partial charge in [-0.3, -0.25) is 0 Å². The number of rotatable bonds is 4. The van der Waals surface area contributed by atoms with Crippen LogP contribution in [0.3, 0.4) is 0 Å². The van der Waals surface area contributed by atoms with Gasteiger partial charge < -0.3 is 15.4 Å². The minimum absolute atomic E-state index is 0.0198. The Morgan fingerprint density at radius 2 is 1.95 bits per heavy atom. The molecule has 2 atom stereocenters. The predicted octanol–water partition coefficient (Wildman–Crippen LogP) is 0.489. The van der Waals surface area contributed by atoms with Gasteiger partial charge >= 0.3 is 0 Å². The third-order valence-electron chi connectivity index (χ3n) is 3.72. The Labute approximate surface area is 126 Å². The zero-order chi connectivity index (χ0) is 15.6. The second-order valence-electron chi connectivity index (χ2n) is 5.47. The van der Waals surface area contributed by atoms with Crippen LogP contribution in [0.5, 0.6) is 0 Å². The van der Waals surface area contributed by atoms with Crippen LogP contribution in [-0.4, -0.2) is 58.7 Å². The molecule has 1 fully saturated rings. The third kappa shape index (κ3) is 3.37. The maximum absolute atomic E-state index is 12.1. The van der Waals surface area contributed by atoms with Crippen LogP contribution < -0.4 is 10.6 Å². The molecule has 2 unspecified atom stereocenters. The number of nitrogens with zero attached hydrogens (tertiary/aromatic N) is 2. The average Bonchev–Trinajstić information content (AvgIpc) is 2.48. The van der Waals surface area contributed by atoms with Gasteiger partial charge in [0, 0.05) is 38.9 Å². The molecule has 1 heterocycles. The zero-order valence-corrected chi connectivity index (χ0v) is 13.5. The highest BCUT2D eigenvalue weighted by molar-refractivity contribution is 7.89. The SMILES string of the molecule is CC1COC(CN)CN1c1ccc(S(=O)(=O)N(C)C)cc1. The zero-order valence-electron chi connectivity index (χ0n) is 12.7. The first-order valence-electron chi connectivity index (χ1n) is 6.97. The number of ether oxygens (including phenoxy) is 1. The van der Waals surface area contributed by atoms with Crippen LogP contribution >= 0.6 is 0 Å². The van der Waals surface area contributed by atoms with Crippen molar-refractivity contribution in [3.8, 4) is 0 Å². The second-order valence-corrected chi connectivity index (χ2v) is 7.63. The van der Waals surface area contributed by atoms with Gasteiger partial charge in [-0.15, -0.1) is 0 Å². The van der Waals surface area contributed by atoms with Crippen LogP contribution in [0.1, 0.15) is 6.92 Å². The third-order valence-corrected chi connectivity index (χ3v) is 5.54. The topological polar surface area (TPSA) is 75.9 Å². The van der Waals surface area contributed by atoms with Gasteiger partial charge in [-0.05, 0) is 31.2 Å². The minimum atomic E-state index is -3.38. The van der Waals surface area contributed by atoms with Crippen LogP contribution in [0, 0.1) is 0 Å². The summed E-state index contributed by atoms with van der Waals surface area (Å²) in [6.45, 7) is 3.91. The van der Waals surface area contributed by atoms with Crippen molar-refractivity contribution in [1.29, 1.82) is 0 Å². The van der Waals surface area contributed by atoms with Crippen molar-refractivity contribution in [3.63, 3.8) is 0 Å². The molecule has 0 radical (unpaired) electrons. The first-order valence-corrected chi connectivity index (χ1v) is 8.41. The molecule has 1 aromatic carbocycles. The van der Waals surface area contributed by atoms with E-state index in [0.717, 1.165) is 12.2 Å². The molecule has 7 heteroatoms. The fraction of sp³-hybridized carbons (Fsp3) is 0.571. The van der Waals surface area contributed by atoms with Gasteiger partial charge in [0.05, 0.1) is 17.6 Å². The van der Waals surface area contributed by atoms with Crippen molar-refractivity contribution in [2.75, 3.05) is 38.7 Å². The van der Waals surface area contributed by atoms with E-state index in [1.165, 1.54) is 18.4 Å². The number of sulfonamides is 1. The van der Waals surface area contributed by atoms with E-state index in [1.807, 2.05) is 12.1 Å². The van der Waals surface area contributed by atoms with Gasteiger partial charge in [-0.1, -0.05) is 0 Å². The number of morpholine rings is 1. The number of hydrogen-bond acceptors (Lipinski definition) is 5. The summed E-state index contributed by atoms with van der Waals surface area (Å²) in [6, 6.07) is 7.20. The molecule has 1 aromatic rings. The van der Waals surface area contributed by atoms with Crippen molar-refractivity contribution in [2.24, 2.45) is 5.73 Å². The summed E-state index contributed by atoms with van der Waals surface area (Å²) in [5.74, 6) is 0. The van der Waals surface area contributed by atoms with E-state index in [0.29, 0.717) is 18.0 Å². The number of benzene rings is 1. The summed E-state index contributed by atoms with van der Waals surface area (Å²) in [6.07, 6.45) is 0.0198. The van der Waals surface area contributed by atoms with Crippen LogP contribution in [0.4, 0.5) is 5.69 Å². The maximum atomic E-state index is 12.1. The summed E-state index contributed by atoms with van der Waals surface area (Å²) in [5, 5.41) is 0. The number of anilines is 1. The molecule has 0 aliphatic carbocycles. The molecular weight excluding hydrogens is 290 g/mol. The number of hydrogen-bond donors (Lipinski definition) is 1. The van der Waals surface area contributed by atoms with Crippen molar-refractivity contribution in [1.82, 2.24) is 4.31 Å². The monoisotopic (exact) mass is 313 g/mol. The Morgan fingerprint density at radius 3 is 2.48 bits per heavy atom. The fourth-order valence-electron chi connectivity index (χ4n) is 2.34.